The molecule has 110 valence electrons. The predicted molar refractivity (Wildman–Crippen MR) is 62.5 cm³/mol. The molecule has 2 rings (SSSR count). The van der Waals surface area contributed by atoms with Crippen LogP contribution in [-0.2, 0) is 11.0 Å². The first-order chi connectivity index (χ1) is 9.29. The summed E-state index contributed by atoms with van der Waals surface area (Å²) in [6.07, 6.45) is -4.04. The average Bonchev–Trinajstić information content (AvgIpc) is 2.37. The fraction of sp³-hybridized carbons (Fsp3) is 0.462. The van der Waals surface area contributed by atoms with E-state index in [1.165, 1.54) is 6.07 Å². The summed E-state index contributed by atoms with van der Waals surface area (Å²) >= 11 is 0. The van der Waals surface area contributed by atoms with Crippen LogP contribution in [0, 0.1) is 11.7 Å². The second-order valence-corrected chi connectivity index (χ2v) is 4.80. The Labute approximate surface area is 112 Å². The molecule has 0 bridgehead atoms. The maximum Gasteiger partial charge on any atom is 0.419 e. The van der Waals surface area contributed by atoms with Crippen molar-refractivity contribution in [2.24, 2.45) is 5.92 Å². The molecule has 7 heteroatoms. The van der Waals surface area contributed by atoms with Crippen LogP contribution in [0.3, 0.4) is 0 Å². The van der Waals surface area contributed by atoms with E-state index in [9.17, 15) is 22.4 Å². The van der Waals surface area contributed by atoms with E-state index in [2.05, 4.69) is 5.32 Å². The van der Waals surface area contributed by atoms with Gasteiger partial charge in [0.25, 0.3) is 0 Å². The number of hydrogen-bond acceptors (Lipinski definition) is 2. The Balaban J connectivity index is 2.21. The zero-order valence-corrected chi connectivity index (χ0v) is 10.4. The summed E-state index contributed by atoms with van der Waals surface area (Å²) in [6.45, 7) is 0.435. The number of piperidine rings is 1. The summed E-state index contributed by atoms with van der Waals surface area (Å²) in [5, 5.41) is 12.0. The van der Waals surface area contributed by atoms with Gasteiger partial charge in [0, 0.05) is 6.04 Å². The van der Waals surface area contributed by atoms with E-state index in [0.717, 1.165) is 6.07 Å². The number of carbonyl (C=O) groups is 1. The molecular formula is C13H13F4NO2. The molecule has 1 fully saturated rings. The van der Waals surface area contributed by atoms with Crippen LogP contribution in [0.4, 0.5) is 17.6 Å². The molecule has 0 spiro atoms. The average molecular weight is 291 g/mol. The lowest BCUT2D eigenvalue weighted by Gasteiger charge is -2.28. The number of hydrogen-bond donors (Lipinski definition) is 2. The van der Waals surface area contributed by atoms with Crippen LogP contribution in [-0.4, -0.2) is 17.6 Å². The molecule has 1 aliphatic rings. The minimum atomic E-state index is -4.73. The van der Waals surface area contributed by atoms with Crippen LogP contribution in [0.2, 0.25) is 0 Å². The molecule has 1 aliphatic heterocycles. The van der Waals surface area contributed by atoms with E-state index in [-0.39, 0.29) is 6.42 Å². The number of aliphatic carboxylic acids is 1. The van der Waals surface area contributed by atoms with Gasteiger partial charge < -0.3 is 10.4 Å². The summed E-state index contributed by atoms with van der Waals surface area (Å²) in [5.74, 6) is -2.84. The second kappa shape index (κ2) is 5.40. The number of alkyl halides is 3. The Hall–Kier alpha value is -1.63. The maximum atomic E-state index is 13.5. The minimum Gasteiger partial charge on any atom is -0.481 e. The van der Waals surface area contributed by atoms with E-state index in [1.54, 1.807) is 0 Å². The summed E-state index contributed by atoms with van der Waals surface area (Å²) in [4.78, 5) is 10.9. The maximum absolute atomic E-state index is 13.5. The van der Waals surface area contributed by atoms with Crippen molar-refractivity contribution in [1.29, 1.82) is 0 Å². The Bertz CT molecular complexity index is 516. The molecule has 2 atom stereocenters. The van der Waals surface area contributed by atoms with Crippen molar-refractivity contribution in [1.82, 2.24) is 5.32 Å². The minimum absolute atomic E-state index is 0.236. The second-order valence-electron chi connectivity index (χ2n) is 4.80. The highest BCUT2D eigenvalue weighted by molar-refractivity contribution is 5.70. The molecule has 3 nitrogen and oxygen atoms in total. The van der Waals surface area contributed by atoms with Gasteiger partial charge in [-0.05, 0) is 37.1 Å². The summed E-state index contributed by atoms with van der Waals surface area (Å²) < 4.78 is 50.9. The van der Waals surface area contributed by atoms with Crippen LogP contribution in [0.1, 0.15) is 30.0 Å². The van der Waals surface area contributed by atoms with Crippen molar-refractivity contribution in [2.45, 2.75) is 25.1 Å². The lowest BCUT2D eigenvalue weighted by molar-refractivity contribution is -0.143. The van der Waals surface area contributed by atoms with Crippen LogP contribution < -0.4 is 5.32 Å². The van der Waals surface area contributed by atoms with Crippen LogP contribution in [0.5, 0.6) is 0 Å². The third-order valence-electron chi connectivity index (χ3n) is 3.45. The monoisotopic (exact) mass is 291 g/mol. The molecule has 0 aliphatic carbocycles. The molecule has 2 unspecified atom stereocenters. The standard InChI is InChI=1S/C13H13F4NO2/c14-10-5-7(1-2-9(10)13(15,16)17)11-6-8(12(19)20)3-4-18-11/h1-2,5,8,11,18H,3-4,6H2,(H,19,20). The molecule has 1 heterocycles. The Kier molecular flexibility index (Phi) is 3.99. The molecular weight excluding hydrogens is 278 g/mol. The van der Waals surface area contributed by atoms with Crippen LogP contribution in [0.25, 0.3) is 0 Å². The largest absolute Gasteiger partial charge is 0.481 e. The number of carboxylic acids is 1. The van der Waals surface area contributed by atoms with Crippen LogP contribution >= 0.6 is 0 Å². The number of benzene rings is 1. The Morgan fingerprint density at radius 1 is 1.35 bits per heavy atom. The summed E-state index contributed by atoms with van der Waals surface area (Å²) in [7, 11) is 0. The van der Waals surface area contributed by atoms with Crippen molar-refractivity contribution in [3.05, 3.63) is 35.1 Å². The molecule has 0 amide bonds. The molecule has 20 heavy (non-hydrogen) atoms. The van der Waals surface area contributed by atoms with Gasteiger partial charge in [-0.25, -0.2) is 4.39 Å². The molecule has 1 saturated heterocycles. The van der Waals surface area contributed by atoms with E-state index >= 15 is 0 Å². The van der Waals surface area contributed by atoms with Gasteiger partial charge in [-0.2, -0.15) is 13.2 Å². The van der Waals surface area contributed by atoms with Gasteiger partial charge in [0.05, 0.1) is 11.5 Å². The highest BCUT2D eigenvalue weighted by atomic mass is 19.4. The van der Waals surface area contributed by atoms with Gasteiger partial charge in [-0.3, -0.25) is 4.79 Å². The first-order valence-electron chi connectivity index (χ1n) is 6.12. The number of nitrogens with one attached hydrogen (secondary N) is 1. The van der Waals surface area contributed by atoms with Crippen molar-refractivity contribution in [3.8, 4) is 0 Å². The number of halogens is 4. The van der Waals surface area contributed by atoms with Crippen molar-refractivity contribution in [3.63, 3.8) is 0 Å². The van der Waals surface area contributed by atoms with E-state index in [4.69, 9.17) is 5.11 Å². The normalized spacial score (nSPS) is 23.6. The molecule has 0 radical (unpaired) electrons. The third kappa shape index (κ3) is 3.09. The summed E-state index contributed by atoms with van der Waals surface area (Å²) in [6, 6.07) is 2.26. The fourth-order valence-corrected chi connectivity index (χ4v) is 2.37. The SMILES string of the molecule is O=C(O)C1CCNC(c2ccc(C(F)(F)F)c(F)c2)C1. The Morgan fingerprint density at radius 2 is 2.05 bits per heavy atom. The molecule has 0 aromatic heterocycles. The zero-order valence-electron chi connectivity index (χ0n) is 10.4. The zero-order chi connectivity index (χ0) is 14.9. The number of carboxylic acid groups (broad SMARTS) is 1. The number of rotatable bonds is 2. The quantitative estimate of drug-likeness (QED) is 0.824. The smallest absolute Gasteiger partial charge is 0.419 e. The highest BCUT2D eigenvalue weighted by Gasteiger charge is 2.35. The van der Waals surface area contributed by atoms with Gasteiger partial charge >= 0.3 is 12.1 Å². The first-order valence-corrected chi connectivity index (χ1v) is 6.12. The third-order valence-corrected chi connectivity index (χ3v) is 3.45. The lowest BCUT2D eigenvalue weighted by Crippen LogP contribution is -2.35. The Morgan fingerprint density at radius 3 is 2.60 bits per heavy atom. The molecule has 1 aromatic rings. The predicted octanol–water partition coefficient (Wildman–Crippen LogP) is 2.97. The summed E-state index contributed by atoms with van der Waals surface area (Å²) in [5.41, 5.74) is -0.978. The molecule has 2 N–H and O–H groups in total. The van der Waals surface area contributed by atoms with E-state index < -0.39 is 35.5 Å². The van der Waals surface area contributed by atoms with Crippen LogP contribution in [0.15, 0.2) is 18.2 Å². The van der Waals surface area contributed by atoms with E-state index in [0.29, 0.717) is 24.6 Å². The van der Waals surface area contributed by atoms with Crippen molar-refractivity contribution >= 4 is 5.97 Å². The first kappa shape index (κ1) is 14.8. The van der Waals surface area contributed by atoms with Gasteiger partial charge in [0.2, 0.25) is 0 Å². The highest BCUT2D eigenvalue weighted by Crippen LogP contribution is 2.34. The van der Waals surface area contributed by atoms with Crippen molar-refractivity contribution in [2.75, 3.05) is 6.54 Å². The van der Waals surface area contributed by atoms with Gasteiger partial charge in [0.15, 0.2) is 0 Å². The van der Waals surface area contributed by atoms with E-state index in [1.807, 2.05) is 0 Å². The van der Waals surface area contributed by atoms with Gasteiger partial charge in [-0.1, -0.05) is 6.07 Å². The lowest BCUT2D eigenvalue weighted by atomic mass is 9.88. The fourth-order valence-electron chi connectivity index (χ4n) is 2.37. The molecule has 1 aromatic carbocycles. The topological polar surface area (TPSA) is 49.3 Å². The van der Waals surface area contributed by atoms with Gasteiger partial charge in [-0.15, -0.1) is 0 Å². The van der Waals surface area contributed by atoms with Gasteiger partial charge in [0.1, 0.15) is 5.82 Å². The molecule has 0 saturated carbocycles. The van der Waals surface area contributed by atoms with Crippen molar-refractivity contribution < 1.29 is 27.5 Å².